The van der Waals surface area contributed by atoms with E-state index in [-0.39, 0.29) is 0 Å². The fraction of sp³-hybridized carbons (Fsp3) is 0.435. The quantitative estimate of drug-likeness (QED) is 0.493. The van der Waals surface area contributed by atoms with E-state index in [0.717, 1.165) is 35.6 Å². The number of urea groups is 1. The van der Waals surface area contributed by atoms with Crippen LogP contribution in [0.15, 0.2) is 36.5 Å². The highest BCUT2D eigenvalue weighted by Gasteiger charge is 2.24. The number of hydrogen-bond donors (Lipinski definition) is 2. The maximum absolute atomic E-state index is 11.8. The second-order valence-electron chi connectivity index (χ2n) is 9.04. The van der Waals surface area contributed by atoms with Crippen LogP contribution < -0.4 is 16.0 Å². The van der Waals surface area contributed by atoms with Crippen LogP contribution in [0.1, 0.15) is 5.56 Å². The number of fused-ring (bicyclic) bond motifs is 1. The van der Waals surface area contributed by atoms with E-state index in [1.165, 1.54) is 10.6 Å². The first-order valence-corrected chi connectivity index (χ1v) is 13.7. The van der Waals surface area contributed by atoms with Crippen LogP contribution in [0.2, 0.25) is 0 Å². The topological polar surface area (TPSA) is 138 Å². The third-order valence-corrected chi connectivity index (χ3v) is 7.73. The maximum atomic E-state index is 11.8. The molecule has 36 heavy (non-hydrogen) atoms. The molecule has 2 aliphatic rings. The number of amides is 2. The van der Waals surface area contributed by atoms with Crippen LogP contribution in [0.5, 0.6) is 0 Å². The van der Waals surface area contributed by atoms with E-state index >= 15 is 0 Å². The van der Waals surface area contributed by atoms with Gasteiger partial charge in [-0.25, -0.2) is 22.7 Å². The Morgan fingerprint density at radius 3 is 2.42 bits per heavy atom. The number of carbonyl (C=O) groups is 1. The van der Waals surface area contributed by atoms with Crippen LogP contribution in [0.4, 0.5) is 16.3 Å². The molecule has 13 heteroatoms. The Balaban J connectivity index is 1.43. The molecule has 2 saturated heterocycles. The molecular formula is C23H30N8O4S. The molecule has 0 bridgehead atoms. The Hall–Kier alpha value is -3.26. The molecule has 4 heterocycles. The number of sulfonamides is 1. The highest BCUT2D eigenvalue weighted by Crippen LogP contribution is 2.27. The molecule has 0 radical (unpaired) electrons. The maximum Gasteiger partial charge on any atom is 0.316 e. The lowest BCUT2D eigenvalue weighted by Gasteiger charge is -2.32. The fourth-order valence-electron chi connectivity index (χ4n) is 4.58. The van der Waals surface area contributed by atoms with Crippen molar-refractivity contribution in [3.05, 3.63) is 42.1 Å². The molecule has 192 valence electrons. The Morgan fingerprint density at radius 1 is 1.08 bits per heavy atom. The number of carbonyl (C=O) groups excluding carboxylic acids is 1. The summed E-state index contributed by atoms with van der Waals surface area (Å²) >= 11 is 0. The van der Waals surface area contributed by atoms with E-state index in [9.17, 15) is 13.2 Å². The number of hydrogen-bond acceptors (Lipinski definition) is 8. The predicted octanol–water partition coefficient (Wildman–Crippen LogP) is 0.801. The summed E-state index contributed by atoms with van der Waals surface area (Å²) in [4.78, 5) is 20.5. The van der Waals surface area contributed by atoms with Gasteiger partial charge in [0, 0.05) is 63.3 Å². The number of rotatable bonds is 6. The van der Waals surface area contributed by atoms with Crippen molar-refractivity contribution in [3.63, 3.8) is 0 Å². The first-order chi connectivity index (χ1) is 17.3. The summed E-state index contributed by atoms with van der Waals surface area (Å²) in [6.45, 7) is 5.80. The summed E-state index contributed by atoms with van der Waals surface area (Å²) in [6.07, 6.45) is 3.27. The van der Waals surface area contributed by atoms with Gasteiger partial charge in [0.1, 0.15) is 5.52 Å². The van der Waals surface area contributed by atoms with Crippen LogP contribution in [0, 0.1) is 0 Å². The number of morpholine rings is 1. The van der Waals surface area contributed by atoms with Gasteiger partial charge in [0.25, 0.3) is 0 Å². The average Bonchev–Trinajstić information content (AvgIpc) is 3.26. The van der Waals surface area contributed by atoms with E-state index in [2.05, 4.69) is 21.2 Å². The average molecular weight is 515 g/mol. The van der Waals surface area contributed by atoms with E-state index in [1.54, 1.807) is 12.1 Å². The van der Waals surface area contributed by atoms with Crippen molar-refractivity contribution in [1.29, 1.82) is 0 Å². The Morgan fingerprint density at radius 2 is 1.78 bits per heavy atom. The van der Waals surface area contributed by atoms with Gasteiger partial charge in [-0.05, 0) is 35.9 Å². The lowest BCUT2D eigenvalue weighted by molar-refractivity contribution is 0.122. The van der Waals surface area contributed by atoms with Crippen LogP contribution in [-0.2, 0) is 21.3 Å². The number of benzene rings is 1. The molecule has 5 rings (SSSR count). The van der Waals surface area contributed by atoms with Crippen molar-refractivity contribution >= 4 is 33.1 Å². The van der Waals surface area contributed by atoms with Gasteiger partial charge in [0.15, 0.2) is 11.6 Å². The lowest BCUT2D eigenvalue weighted by atomic mass is 10.2. The summed E-state index contributed by atoms with van der Waals surface area (Å²) in [5.41, 5.74) is 8.62. The van der Waals surface area contributed by atoms with Gasteiger partial charge in [-0.2, -0.15) is 4.31 Å². The molecule has 0 unspecified atom stereocenters. The van der Waals surface area contributed by atoms with Gasteiger partial charge in [-0.1, -0.05) is 0 Å². The Bertz CT molecular complexity index is 1340. The molecule has 0 aliphatic carbocycles. The van der Waals surface area contributed by atoms with Crippen molar-refractivity contribution < 1.29 is 17.9 Å². The number of ether oxygens (including phenoxy) is 1. The standard InChI is InChI=1S/C23H30N8O4S/c1-36(33,34)30-8-6-28(7-9-30)15-17-14-20-22(29-10-12-35-13-11-29)26-21(27-31(20)16-17)18-2-4-19(5-3-18)25-23(24)32/h2-5,14,16H,6-13,15H2,1H3,(H3,24,25,32). The third kappa shape index (κ3) is 5.43. The molecule has 3 aromatic rings. The van der Waals surface area contributed by atoms with Gasteiger partial charge in [0.2, 0.25) is 10.0 Å². The Labute approximate surface area is 209 Å². The zero-order chi connectivity index (χ0) is 25.3. The first kappa shape index (κ1) is 24.4. The summed E-state index contributed by atoms with van der Waals surface area (Å²) in [6, 6.07) is 8.71. The van der Waals surface area contributed by atoms with Crippen LogP contribution >= 0.6 is 0 Å². The Kier molecular flexibility index (Phi) is 6.79. The number of aromatic nitrogens is 3. The molecule has 2 fully saturated rings. The van der Waals surface area contributed by atoms with E-state index in [0.29, 0.717) is 57.4 Å². The minimum atomic E-state index is -3.16. The largest absolute Gasteiger partial charge is 0.378 e. The SMILES string of the molecule is CS(=O)(=O)N1CCN(Cc2cc3c(N4CCOCC4)nc(-c4ccc(NC(N)=O)cc4)nn3c2)CC1. The van der Waals surface area contributed by atoms with Crippen molar-refractivity contribution in [2.75, 3.05) is 69.0 Å². The minimum Gasteiger partial charge on any atom is -0.378 e. The molecule has 12 nitrogen and oxygen atoms in total. The zero-order valence-corrected chi connectivity index (χ0v) is 20.9. The van der Waals surface area contributed by atoms with E-state index in [1.807, 2.05) is 22.8 Å². The molecule has 2 aliphatic heterocycles. The monoisotopic (exact) mass is 514 g/mol. The molecule has 3 N–H and O–H groups in total. The van der Waals surface area contributed by atoms with Gasteiger partial charge in [0.05, 0.1) is 19.5 Å². The fourth-order valence-corrected chi connectivity index (χ4v) is 5.40. The van der Waals surface area contributed by atoms with Gasteiger partial charge < -0.3 is 20.7 Å². The first-order valence-electron chi connectivity index (χ1n) is 11.8. The highest BCUT2D eigenvalue weighted by molar-refractivity contribution is 7.88. The lowest BCUT2D eigenvalue weighted by Crippen LogP contribution is -2.47. The third-order valence-electron chi connectivity index (χ3n) is 6.43. The van der Waals surface area contributed by atoms with Gasteiger partial charge >= 0.3 is 6.03 Å². The number of piperazine rings is 1. The molecule has 0 saturated carbocycles. The van der Waals surface area contributed by atoms with Crippen molar-refractivity contribution in [3.8, 4) is 11.4 Å². The number of nitrogens with zero attached hydrogens (tertiary/aromatic N) is 6. The summed E-state index contributed by atoms with van der Waals surface area (Å²) in [5.74, 6) is 1.41. The normalized spacial score (nSPS) is 18.0. The van der Waals surface area contributed by atoms with E-state index in [4.69, 9.17) is 20.6 Å². The summed E-state index contributed by atoms with van der Waals surface area (Å²) in [5, 5.41) is 7.34. The number of nitrogens with two attached hydrogens (primary N) is 1. The number of nitrogens with one attached hydrogen (secondary N) is 1. The molecule has 2 amide bonds. The number of anilines is 2. The summed E-state index contributed by atoms with van der Waals surface area (Å²) in [7, 11) is -3.16. The minimum absolute atomic E-state index is 0.496. The smallest absolute Gasteiger partial charge is 0.316 e. The zero-order valence-electron chi connectivity index (χ0n) is 20.1. The van der Waals surface area contributed by atoms with E-state index < -0.39 is 16.1 Å². The second-order valence-corrected chi connectivity index (χ2v) is 11.0. The van der Waals surface area contributed by atoms with Crippen LogP contribution in [0.25, 0.3) is 16.9 Å². The van der Waals surface area contributed by atoms with Crippen molar-refractivity contribution in [2.45, 2.75) is 6.54 Å². The van der Waals surface area contributed by atoms with Gasteiger partial charge in [-0.15, -0.1) is 5.10 Å². The van der Waals surface area contributed by atoms with Crippen molar-refractivity contribution in [1.82, 2.24) is 23.8 Å². The molecule has 0 spiro atoms. The summed E-state index contributed by atoms with van der Waals surface area (Å²) < 4.78 is 32.6. The van der Waals surface area contributed by atoms with Crippen molar-refractivity contribution in [2.24, 2.45) is 5.73 Å². The van der Waals surface area contributed by atoms with Gasteiger partial charge in [-0.3, -0.25) is 4.90 Å². The molecule has 1 aromatic carbocycles. The van der Waals surface area contributed by atoms with Crippen LogP contribution in [0.3, 0.4) is 0 Å². The second kappa shape index (κ2) is 10.0. The molecule has 0 atom stereocenters. The van der Waals surface area contributed by atoms with Crippen LogP contribution in [-0.4, -0.2) is 97.0 Å². The molecular weight excluding hydrogens is 484 g/mol. The molecule has 2 aromatic heterocycles. The number of primary amides is 1. The predicted molar refractivity (Wildman–Crippen MR) is 136 cm³/mol. The highest BCUT2D eigenvalue weighted by atomic mass is 32.2.